The van der Waals surface area contributed by atoms with Crippen molar-refractivity contribution in [3.63, 3.8) is 0 Å². The lowest BCUT2D eigenvalue weighted by Gasteiger charge is -2.39. The number of likely N-dealkylation sites (tertiary alicyclic amines) is 1. The van der Waals surface area contributed by atoms with Crippen LogP contribution in [-0.2, 0) is 16.0 Å². The van der Waals surface area contributed by atoms with Crippen LogP contribution in [0.1, 0.15) is 55.9 Å². The van der Waals surface area contributed by atoms with Gasteiger partial charge in [-0.1, -0.05) is 18.2 Å². The van der Waals surface area contributed by atoms with Gasteiger partial charge in [-0.15, -0.1) is 0 Å². The van der Waals surface area contributed by atoms with E-state index in [9.17, 15) is 28.4 Å². The van der Waals surface area contributed by atoms with Gasteiger partial charge in [-0.2, -0.15) is 0 Å². The first-order chi connectivity index (χ1) is 16.3. The molecule has 8 nitrogen and oxygen atoms in total. The predicted octanol–water partition coefficient (Wildman–Crippen LogP) is 1.93. The average Bonchev–Trinajstić information content (AvgIpc) is 3.03. The normalized spacial score (nSPS) is 20.3. The SMILES string of the molecule is O=C1CCC(N2C(=O)c3cccc(CCC4CN(C(=O)c5cccc(F)c5)C4)c3C2=O)C(=O)N1. The van der Waals surface area contributed by atoms with Gasteiger partial charge in [0, 0.05) is 25.1 Å². The van der Waals surface area contributed by atoms with E-state index in [1.165, 1.54) is 18.2 Å². The van der Waals surface area contributed by atoms with Gasteiger partial charge in [0.05, 0.1) is 11.1 Å². The van der Waals surface area contributed by atoms with Crippen molar-refractivity contribution in [2.45, 2.75) is 31.7 Å². The number of benzene rings is 2. The van der Waals surface area contributed by atoms with E-state index in [-0.39, 0.29) is 30.2 Å². The summed E-state index contributed by atoms with van der Waals surface area (Å²) in [6, 6.07) is 9.70. The van der Waals surface area contributed by atoms with Crippen molar-refractivity contribution in [2.24, 2.45) is 5.92 Å². The molecule has 1 atom stereocenters. The second kappa shape index (κ2) is 8.48. The van der Waals surface area contributed by atoms with E-state index in [4.69, 9.17) is 0 Å². The first-order valence-corrected chi connectivity index (χ1v) is 11.2. The lowest BCUT2D eigenvalue weighted by atomic mass is 9.90. The highest BCUT2D eigenvalue weighted by Crippen LogP contribution is 2.32. The van der Waals surface area contributed by atoms with E-state index in [0.717, 1.165) is 10.5 Å². The highest BCUT2D eigenvalue weighted by Gasteiger charge is 2.45. The summed E-state index contributed by atoms with van der Waals surface area (Å²) >= 11 is 0. The molecule has 0 radical (unpaired) electrons. The van der Waals surface area contributed by atoms with Gasteiger partial charge in [0.2, 0.25) is 11.8 Å². The topological polar surface area (TPSA) is 104 Å². The van der Waals surface area contributed by atoms with Gasteiger partial charge in [0.15, 0.2) is 0 Å². The Morgan fingerprint density at radius 2 is 1.79 bits per heavy atom. The third kappa shape index (κ3) is 3.76. The molecule has 3 heterocycles. The molecule has 9 heteroatoms. The molecule has 1 N–H and O–H groups in total. The molecule has 0 aliphatic carbocycles. The maximum absolute atomic E-state index is 13.4. The molecule has 0 spiro atoms. The Morgan fingerprint density at radius 3 is 2.53 bits per heavy atom. The minimum Gasteiger partial charge on any atom is -0.338 e. The number of nitrogens with zero attached hydrogens (tertiary/aromatic N) is 2. The molecule has 174 valence electrons. The molecule has 3 aliphatic heterocycles. The standard InChI is InChI=1S/C25H22FN3O5/c26-17-5-1-4-16(11-17)23(32)28-12-14(13-28)7-8-15-3-2-6-18-21(15)25(34)29(24(18)33)19-9-10-20(30)27-22(19)31/h1-6,11,14,19H,7-10,12-13H2,(H,27,30,31). The zero-order chi connectivity index (χ0) is 24.0. The number of carbonyl (C=O) groups is 5. The van der Waals surface area contributed by atoms with Crippen LogP contribution in [0, 0.1) is 11.7 Å². The number of hydrogen-bond donors (Lipinski definition) is 1. The smallest absolute Gasteiger partial charge is 0.262 e. The fourth-order valence-electron chi connectivity index (χ4n) is 4.88. The van der Waals surface area contributed by atoms with Crippen LogP contribution in [0.15, 0.2) is 42.5 Å². The van der Waals surface area contributed by atoms with Gasteiger partial charge in [-0.05, 0) is 55.0 Å². The Hall–Kier alpha value is -3.88. The third-order valence-electron chi connectivity index (χ3n) is 6.69. The number of imide groups is 2. The van der Waals surface area contributed by atoms with Crippen LogP contribution < -0.4 is 5.32 Å². The summed E-state index contributed by atoms with van der Waals surface area (Å²) in [5.41, 5.74) is 1.62. The summed E-state index contributed by atoms with van der Waals surface area (Å²) in [4.78, 5) is 64.9. The Bertz CT molecular complexity index is 1240. The van der Waals surface area contributed by atoms with Crippen molar-refractivity contribution in [2.75, 3.05) is 13.1 Å². The van der Waals surface area contributed by atoms with Crippen molar-refractivity contribution in [1.29, 1.82) is 0 Å². The summed E-state index contributed by atoms with van der Waals surface area (Å²) in [5, 5.41) is 2.20. The fourth-order valence-corrected chi connectivity index (χ4v) is 4.88. The van der Waals surface area contributed by atoms with Gasteiger partial charge in [0.1, 0.15) is 11.9 Å². The minimum atomic E-state index is -0.994. The fraction of sp³-hybridized carbons (Fsp3) is 0.320. The van der Waals surface area contributed by atoms with Crippen molar-refractivity contribution in [1.82, 2.24) is 15.1 Å². The number of nitrogens with one attached hydrogen (secondary N) is 1. The van der Waals surface area contributed by atoms with Crippen LogP contribution in [0.5, 0.6) is 0 Å². The van der Waals surface area contributed by atoms with E-state index in [0.29, 0.717) is 37.1 Å². The number of hydrogen-bond acceptors (Lipinski definition) is 5. The predicted molar refractivity (Wildman–Crippen MR) is 117 cm³/mol. The second-order valence-corrected chi connectivity index (χ2v) is 8.91. The monoisotopic (exact) mass is 463 g/mol. The molecule has 0 bridgehead atoms. The van der Waals surface area contributed by atoms with E-state index < -0.39 is 35.5 Å². The molecule has 0 saturated carbocycles. The molecular formula is C25H22FN3O5. The number of fused-ring (bicyclic) bond motifs is 1. The maximum Gasteiger partial charge on any atom is 0.262 e. The van der Waals surface area contributed by atoms with Gasteiger partial charge in [0.25, 0.3) is 17.7 Å². The number of halogens is 1. The van der Waals surface area contributed by atoms with Crippen LogP contribution >= 0.6 is 0 Å². The minimum absolute atomic E-state index is 0.0726. The molecule has 5 amide bonds. The van der Waals surface area contributed by atoms with Gasteiger partial charge in [-0.3, -0.25) is 34.2 Å². The molecule has 2 fully saturated rings. The number of carbonyl (C=O) groups excluding carboxylic acids is 5. The molecule has 0 aromatic heterocycles. The quantitative estimate of drug-likeness (QED) is 0.683. The average molecular weight is 463 g/mol. The van der Waals surface area contributed by atoms with Crippen molar-refractivity contribution < 1.29 is 28.4 Å². The Labute approximate surface area is 194 Å². The molecule has 5 rings (SSSR count). The van der Waals surface area contributed by atoms with E-state index in [1.54, 1.807) is 29.2 Å². The maximum atomic E-state index is 13.4. The number of amides is 5. The van der Waals surface area contributed by atoms with Crippen molar-refractivity contribution >= 4 is 29.5 Å². The molecule has 2 aromatic rings. The van der Waals surface area contributed by atoms with Crippen molar-refractivity contribution in [3.8, 4) is 0 Å². The third-order valence-corrected chi connectivity index (χ3v) is 6.69. The highest BCUT2D eigenvalue weighted by atomic mass is 19.1. The largest absolute Gasteiger partial charge is 0.338 e. The zero-order valence-corrected chi connectivity index (χ0v) is 18.3. The number of aryl methyl sites for hydroxylation is 1. The zero-order valence-electron chi connectivity index (χ0n) is 18.3. The number of rotatable bonds is 5. The van der Waals surface area contributed by atoms with E-state index in [2.05, 4.69) is 5.32 Å². The molecule has 34 heavy (non-hydrogen) atoms. The second-order valence-electron chi connectivity index (χ2n) is 8.91. The van der Waals surface area contributed by atoms with E-state index >= 15 is 0 Å². The Morgan fingerprint density at radius 1 is 1.03 bits per heavy atom. The summed E-state index contributed by atoms with van der Waals surface area (Å²) in [7, 11) is 0. The lowest BCUT2D eigenvalue weighted by Crippen LogP contribution is -2.54. The molecule has 3 aliphatic rings. The summed E-state index contributed by atoms with van der Waals surface area (Å²) in [6.45, 7) is 1.08. The van der Waals surface area contributed by atoms with Gasteiger partial charge >= 0.3 is 0 Å². The Balaban J connectivity index is 1.24. The Kier molecular flexibility index (Phi) is 5.47. The van der Waals surface area contributed by atoms with Crippen LogP contribution in [0.3, 0.4) is 0 Å². The summed E-state index contributed by atoms with van der Waals surface area (Å²) in [6.07, 6.45) is 1.44. The van der Waals surface area contributed by atoms with Crippen LogP contribution in [-0.4, -0.2) is 58.5 Å². The molecular weight excluding hydrogens is 441 g/mol. The van der Waals surface area contributed by atoms with Crippen LogP contribution in [0.25, 0.3) is 0 Å². The van der Waals surface area contributed by atoms with Gasteiger partial charge in [-0.25, -0.2) is 4.39 Å². The molecule has 2 saturated heterocycles. The lowest BCUT2D eigenvalue weighted by molar-refractivity contribution is -0.136. The van der Waals surface area contributed by atoms with Crippen molar-refractivity contribution in [3.05, 3.63) is 70.5 Å². The van der Waals surface area contributed by atoms with Crippen LogP contribution in [0.2, 0.25) is 0 Å². The highest BCUT2D eigenvalue weighted by molar-refractivity contribution is 6.24. The summed E-state index contributed by atoms with van der Waals surface area (Å²) < 4.78 is 13.4. The summed E-state index contributed by atoms with van der Waals surface area (Å²) in [5.74, 6) is -2.52. The first kappa shape index (κ1) is 21.9. The van der Waals surface area contributed by atoms with E-state index in [1.807, 2.05) is 0 Å². The first-order valence-electron chi connectivity index (χ1n) is 11.2. The molecule has 1 unspecified atom stereocenters. The molecule has 2 aromatic carbocycles. The van der Waals surface area contributed by atoms with Gasteiger partial charge < -0.3 is 4.90 Å². The number of piperidine rings is 1. The van der Waals surface area contributed by atoms with Crippen LogP contribution in [0.4, 0.5) is 4.39 Å².